The fourth-order valence-electron chi connectivity index (χ4n) is 2.36. The van der Waals surface area contributed by atoms with Crippen LogP contribution in [0, 0.1) is 20.8 Å². The predicted octanol–water partition coefficient (Wildman–Crippen LogP) is 4.04. The second-order valence-electron chi connectivity index (χ2n) is 5.63. The maximum Gasteiger partial charge on any atom is 0.275 e. The van der Waals surface area contributed by atoms with Gasteiger partial charge in [-0.25, -0.2) is 9.97 Å². The van der Waals surface area contributed by atoms with Crippen molar-refractivity contribution in [1.29, 1.82) is 0 Å². The summed E-state index contributed by atoms with van der Waals surface area (Å²) in [7, 11) is 0. The molecule has 0 unspecified atom stereocenters. The molecule has 2 heterocycles. The van der Waals surface area contributed by atoms with Gasteiger partial charge in [-0.2, -0.15) is 0 Å². The number of aryl methyl sites for hydroxylation is 3. The number of aromatic nitrogens is 3. The Balaban J connectivity index is 1.81. The smallest absolute Gasteiger partial charge is 0.275 e. The van der Waals surface area contributed by atoms with E-state index in [0.29, 0.717) is 22.4 Å². The first kappa shape index (κ1) is 16.9. The van der Waals surface area contributed by atoms with Crippen molar-refractivity contribution in [3.8, 4) is 0 Å². The summed E-state index contributed by atoms with van der Waals surface area (Å²) in [5.41, 5.74) is 2.98. The summed E-state index contributed by atoms with van der Waals surface area (Å²) in [5, 5.41) is 10.0. The van der Waals surface area contributed by atoms with E-state index >= 15 is 0 Å². The Morgan fingerprint density at radius 1 is 1.08 bits per heavy atom. The number of hydrogen-bond donors (Lipinski definition) is 2. The van der Waals surface area contributed by atoms with Crippen molar-refractivity contribution in [2.24, 2.45) is 0 Å². The molecule has 2 aromatic heterocycles. The van der Waals surface area contributed by atoms with Crippen LogP contribution in [0.2, 0.25) is 5.02 Å². The number of anilines is 3. The second-order valence-corrected chi connectivity index (χ2v) is 6.04. The molecule has 8 heteroatoms. The molecule has 0 spiro atoms. The fraction of sp³-hybridized carbons (Fsp3) is 0.176. The summed E-state index contributed by atoms with van der Waals surface area (Å²) in [4.78, 5) is 20.4. The third kappa shape index (κ3) is 3.95. The number of nitrogens with one attached hydrogen (secondary N) is 2. The molecule has 128 valence electrons. The minimum atomic E-state index is -0.412. The van der Waals surface area contributed by atoms with Gasteiger partial charge in [0.15, 0.2) is 5.82 Å². The maximum absolute atomic E-state index is 12.3. The number of benzene rings is 1. The van der Waals surface area contributed by atoms with Crippen LogP contribution in [-0.4, -0.2) is 21.0 Å². The second kappa shape index (κ2) is 6.90. The summed E-state index contributed by atoms with van der Waals surface area (Å²) in [5.74, 6) is 0.980. The van der Waals surface area contributed by atoms with Gasteiger partial charge in [-0.05, 0) is 38.0 Å². The molecular weight excluding hydrogens is 342 g/mol. The molecule has 0 aliphatic carbocycles. The van der Waals surface area contributed by atoms with Gasteiger partial charge in [0, 0.05) is 12.1 Å². The van der Waals surface area contributed by atoms with Gasteiger partial charge in [0.25, 0.3) is 5.91 Å². The van der Waals surface area contributed by atoms with Crippen LogP contribution in [0.5, 0.6) is 0 Å². The topological polar surface area (TPSA) is 92.9 Å². The number of hydrogen-bond acceptors (Lipinski definition) is 6. The van der Waals surface area contributed by atoms with E-state index in [4.69, 9.17) is 16.1 Å². The van der Waals surface area contributed by atoms with Crippen molar-refractivity contribution >= 4 is 34.8 Å². The number of carbonyl (C=O) groups is 1. The van der Waals surface area contributed by atoms with Crippen LogP contribution in [0.1, 0.15) is 27.4 Å². The first-order chi connectivity index (χ1) is 11.9. The van der Waals surface area contributed by atoms with Gasteiger partial charge >= 0.3 is 0 Å². The van der Waals surface area contributed by atoms with Crippen LogP contribution in [0.25, 0.3) is 0 Å². The van der Waals surface area contributed by atoms with Crippen LogP contribution in [-0.2, 0) is 0 Å². The molecule has 3 aromatic rings. The Hall–Kier alpha value is -2.93. The molecule has 7 nitrogen and oxygen atoms in total. The van der Waals surface area contributed by atoms with Crippen LogP contribution < -0.4 is 10.6 Å². The molecule has 0 saturated heterocycles. The van der Waals surface area contributed by atoms with Crippen molar-refractivity contribution in [3.05, 3.63) is 58.2 Å². The lowest BCUT2D eigenvalue weighted by atomic mass is 10.1. The zero-order valence-electron chi connectivity index (χ0n) is 13.9. The lowest BCUT2D eigenvalue weighted by Crippen LogP contribution is -2.14. The minimum absolute atomic E-state index is 0.194. The van der Waals surface area contributed by atoms with E-state index in [1.807, 2.05) is 26.0 Å². The quantitative estimate of drug-likeness (QED) is 0.732. The predicted molar refractivity (Wildman–Crippen MR) is 95.4 cm³/mol. The van der Waals surface area contributed by atoms with E-state index < -0.39 is 5.91 Å². The highest BCUT2D eigenvalue weighted by Gasteiger charge is 2.13. The van der Waals surface area contributed by atoms with Crippen molar-refractivity contribution in [1.82, 2.24) is 15.1 Å². The number of rotatable bonds is 4. The van der Waals surface area contributed by atoms with Gasteiger partial charge in [0.1, 0.15) is 23.6 Å². The Morgan fingerprint density at radius 2 is 1.88 bits per heavy atom. The summed E-state index contributed by atoms with van der Waals surface area (Å²) >= 11 is 6.29. The molecule has 0 aliphatic rings. The Bertz CT molecular complexity index is 915. The molecule has 0 atom stereocenters. The van der Waals surface area contributed by atoms with E-state index in [9.17, 15) is 4.79 Å². The zero-order valence-corrected chi connectivity index (χ0v) is 14.7. The van der Waals surface area contributed by atoms with E-state index in [0.717, 1.165) is 16.8 Å². The molecule has 25 heavy (non-hydrogen) atoms. The zero-order chi connectivity index (χ0) is 18.0. The third-order valence-electron chi connectivity index (χ3n) is 3.45. The van der Waals surface area contributed by atoms with Crippen molar-refractivity contribution < 1.29 is 9.32 Å². The molecule has 1 amide bonds. The Morgan fingerprint density at radius 3 is 2.56 bits per heavy atom. The van der Waals surface area contributed by atoms with E-state index in [1.165, 1.54) is 12.4 Å². The highest BCUT2D eigenvalue weighted by atomic mass is 35.5. The highest BCUT2D eigenvalue weighted by molar-refractivity contribution is 6.33. The van der Waals surface area contributed by atoms with Gasteiger partial charge in [0.2, 0.25) is 0 Å². The summed E-state index contributed by atoms with van der Waals surface area (Å²) in [6.07, 6.45) is 1.31. The van der Waals surface area contributed by atoms with Crippen LogP contribution in [0.4, 0.5) is 17.3 Å². The van der Waals surface area contributed by atoms with E-state index in [1.54, 1.807) is 13.0 Å². The van der Waals surface area contributed by atoms with Crippen LogP contribution >= 0.6 is 11.6 Å². The summed E-state index contributed by atoms with van der Waals surface area (Å²) in [6.45, 7) is 5.66. The maximum atomic E-state index is 12.3. The molecule has 2 N–H and O–H groups in total. The van der Waals surface area contributed by atoms with E-state index in [2.05, 4.69) is 25.8 Å². The largest absolute Gasteiger partial charge is 0.360 e. The molecule has 0 radical (unpaired) electrons. The first-order valence-corrected chi connectivity index (χ1v) is 7.90. The number of halogens is 1. The van der Waals surface area contributed by atoms with Gasteiger partial charge in [-0.3, -0.25) is 4.79 Å². The van der Waals surface area contributed by atoms with Crippen molar-refractivity contribution in [2.75, 3.05) is 10.6 Å². The van der Waals surface area contributed by atoms with Crippen molar-refractivity contribution in [3.63, 3.8) is 0 Å². The van der Waals surface area contributed by atoms with Crippen LogP contribution in [0.3, 0.4) is 0 Å². The fourth-order valence-corrected chi connectivity index (χ4v) is 2.73. The minimum Gasteiger partial charge on any atom is -0.360 e. The lowest BCUT2D eigenvalue weighted by molar-refractivity contribution is 0.102. The summed E-state index contributed by atoms with van der Waals surface area (Å²) in [6, 6.07) is 7.03. The van der Waals surface area contributed by atoms with Crippen molar-refractivity contribution in [2.45, 2.75) is 20.8 Å². The van der Waals surface area contributed by atoms with Crippen LogP contribution in [0.15, 0.2) is 35.1 Å². The molecule has 0 aliphatic heterocycles. The van der Waals surface area contributed by atoms with Gasteiger partial charge in [-0.1, -0.05) is 22.8 Å². The Labute approximate surface area is 149 Å². The molecule has 0 fully saturated rings. The van der Waals surface area contributed by atoms with E-state index in [-0.39, 0.29) is 5.69 Å². The molecular formula is C17H16ClN5O2. The number of nitrogens with zero attached hydrogens (tertiary/aromatic N) is 3. The molecule has 0 bridgehead atoms. The van der Waals surface area contributed by atoms with Gasteiger partial charge in [0.05, 0.1) is 10.7 Å². The SMILES string of the molecule is Cc1cc(C)c(Nc2cc(C(=O)Nc3cc(C)on3)ncn2)c(Cl)c1. The number of amides is 1. The molecule has 1 aromatic carbocycles. The standard InChI is InChI=1S/C17H16ClN5O2/c1-9-4-10(2)16(12(18)5-9)21-14-7-13(19-8-20-14)17(24)22-15-6-11(3)25-23-15/h4-8H,1-3H3,(H,19,20,21)(H,22,23,24). The summed E-state index contributed by atoms with van der Waals surface area (Å²) < 4.78 is 4.92. The lowest BCUT2D eigenvalue weighted by Gasteiger charge is -2.12. The number of carbonyl (C=O) groups excluding carboxylic acids is 1. The molecule has 0 saturated carbocycles. The Kier molecular flexibility index (Phi) is 4.67. The first-order valence-electron chi connectivity index (χ1n) is 7.53. The highest BCUT2D eigenvalue weighted by Crippen LogP contribution is 2.29. The van der Waals surface area contributed by atoms with Gasteiger partial charge in [-0.15, -0.1) is 0 Å². The average Bonchev–Trinajstić information content (AvgIpc) is 2.96. The average molecular weight is 358 g/mol. The van der Waals surface area contributed by atoms with Gasteiger partial charge < -0.3 is 15.2 Å². The normalized spacial score (nSPS) is 10.6. The molecule has 3 rings (SSSR count). The third-order valence-corrected chi connectivity index (χ3v) is 3.75. The monoisotopic (exact) mass is 357 g/mol.